The Morgan fingerprint density at radius 1 is 1.00 bits per heavy atom. The monoisotopic (exact) mass is 185 g/mol. The van der Waals surface area contributed by atoms with Gasteiger partial charge in [-0.25, -0.2) is 0 Å². The summed E-state index contributed by atoms with van der Waals surface area (Å²) in [5.41, 5.74) is 5.95. The second kappa shape index (κ2) is 3.16. The maximum atomic E-state index is 3.58. The van der Waals surface area contributed by atoms with Gasteiger partial charge in [0, 0.05) is 11.4 Å². The van der Waals surface area contributed by atoms with Crippen molar-refractivity contribution in [3.63, 3.8) is 0 Å². The Balaban J connectivity index is 1.99. The summed E-state index contributed by atoms with van der Waals surface area (Å²) in [7, 11) is 0. The minimum Gasteiger partial charge on any atom is -0.359 e. The largest absolute Gasteiger partial charge is 0.359 e. The number of fused-ring (bicyclic) bond motifs is 1. The molecule has 0 unspecified atom stereocenters. The average Bonchev–Trinajstić information content (AvgIpc) is 2.26. The van der Waals surface area contributed by atoms with E-state index in [1.54, 1.807) is 5.57 Å². The lowest BCUT2D eigenvalue weighted by Crippen LogP contribution is -2.15. The first-order valence-electron chi connectivity index (χ1n) is 5.49. The molecule has 0 radical (unpaired) electrons. The zero-order valence-electron chi connectivity index (χ0n) is 8.34. The van der Waals surface area contributed by atoms with Crippen LogP contribution < -0.4 is 5.32 Å². The second-order valence-electron chi connectivity index (χ2n) is 4.25. The van der Waals surface area contributed by atoms with Crippen LogP contribution in [-0.4, -0.2) is 0 Å². The summed E-state index contributed by atoms with van der Waals surface area (Å²) in [6.45, 7) is 0. The lowest BCUT2D eigenvalue weighted by atomic mass is 9.88. The van der Waals surface area contributed by atoms with E-state index in [0.717, 1.165) is 0 Å². The van der Waals surface area contributed by atoms with Crippen LogP contribution in [0.15, 0.2) is 35.5 Å². The van der Waals surface area contributed by atoms with Crippen molar-refractivity contribution in [2.45, 2.75) is 32.1 Å². The molecule has 72 valence electrons. The Kier molecular flexibility index (Phi) is 1.83. The van der Waals surface area contributed by atoms with E-state index in [2.05, 4.69) is 29.6 Å². The second-order valence-corrected chi connectivity index (χ2v) is 4.25. The van der Waals surface area contributed by atoms with Crippen molar-refractivity contribution in [1.82, 2.24) is 0 Å². The molecule has 0 saturated carbocycles. The highest BCUT2D eigenvalue weighted by atomic mass is 14.9. The molecule has 0 fully saturated rings. The van der Waals surface area contributed by atoms with Crippen LogP contribution >= 0.6 is 0 Å². The van der Waals surface area contributed by atoms with Gasteiger partial charge < -0.3 is 5.32 Å². The first-order chi connectivity index (χ1) is 6.93. The molecule has 3 rings (SSSR count). The van der Waals surface area contributed by atoms with Crippen LogP contribution in [0.5, 0.6) is 0 Å². The van der Waals surface area contributed by atoms with Gasteiger partial charge in [0.2, 0.25) is 0 Å². The average molecular weight is 185 g/mol. The standard InChI is InChI=1S/C13H15N/c1-3-7-12-10(5-1)9-11-6-2-4-8-13(11)14-12/h1,3,5,7,14H,2,4,6,8-9H2. The quantitative estimate of drug-likeness (QED) is 0.652. The topological polar surface area (TPSA) is 12.0 Å². The van der Waals surface area contributed by atoms with Crippen molar-refractivity contribution >= 4 is 5.69 Å². The third-order valence-corrected chi connectivity index (χ3v) is 3.29. The number of hydrogen-bond donors (Lipinski definition) is 1. The number of allylic oxidation sites excluding steroid dienone is 2. The lowest BCUT2D eigenvalue weighted by molar-refractivity contribution is 0.657. The molecule has 0 atom stereocenters. The summed E-state index contributed by atoms with van der Waals surface area (Å²) < 4.78 is 0. The van der Waals surface area contributed by atoms with E-state index >= 15 is 0 Å². The van der Waals surface area contributed by atoms with Gasteiger partial charge in [0.05, 0.1) is 0 Å². The van der Waals surface area contributed by atoms with Crippen molar-refractivity contribution in [2.24, 2.45) is 0 Å². The first-order valence-corrected chi connectivity index (χ1v) is 5.49. The zero-order valence-corrected chi connectivity index (χ0v) is 8.34. The zero-order chi connectivity index (χ0) is 9.38. The smallest absolute Gasteiger partial charge is 0.0417 e. The normalized spacial score (nSPS) is 19.7. The Hall–Kier alpha value is -1.24. The molecule has 1 aliphatic carbocycles. The number of anilines is 1. The van der Waals surface area contributed by atoms with E-state index in [-0.39, 0.29) is 0 Å². The number of para-hydroxylation sites is 1. The number of rotatable bonds is 0. The Labute approximate surface area is 84.8 Å². The SMILES string of the molecule is c1ccc2c(c1)CC1=C(CCCC1)N2. The van der Waals surface area contributed by atoms with Crippen molar-refractivity contribution in [3.05, 3.63) is 41.1 Å². The van der Waals surface area contributed by atoms with Crippen LogP contribution in [0.1, 0.15) is 31.2 Å². The molecule has 1 heterocycles. The van der Waals surface area contributed by atoms with Gasteiger partial charge >= 0.3 is 0 Å². The third-order valence-electron chi connectivity index (χ3n) is 3.29. The predicted octanol–water partition coefficient (Wildman–Crippen LogP) is 3.48. The molecule has 2 aliphatic rings. The van der Waals surface area contributed by atoms with E-state index < -0.39 is 0 Å². The lowest BCUT2D eigenvalue weighted by Gasteiger charge is -2.28. The van der Waals surface area contributed by atoms with Crippen LogP contribution in [0.25, 0.3) is 0 Å². The van der Waals surface area contributed by atoms with Crippen molar-refractivity contribution in [1.29, 1.82) is 0 Å². The van der Waals surface area contributed by atoms with E-state index in [9.17, 15) is 0 Å². The fourth-order valence-corrected chi connectivity index (χ4v) is 2.50. The van der Waals surface area contributed by atoms with Crippen LogP contribution in [0, 0.1) is 0 Å². The highest BCUT2D eigenvalue weighted by Crippen LogP contribution is 2.34. The number of hydrogen-bond acceptors (Lipinski definition) is 1. The summed E-state index contributed by atoms with van der Waals surface area (Å²) >= 11 is 0. The van der Waals surface area contributed by atoms with E-state index in [1.165, 1.54) is 49.1 Å². The Bertz CT molecular complexity index is 353. The van der Waals surface area contributed by atoms with Gasteiger partial charge in [-0.2, -0.15) is 0 Å². The van der Waals surface area contributed by atoms with Gasteiger partial charge in [0.1, 0.15) is 0 Å². The molecule has 0 aromatic heterocycles. The maximum absolute atomic E-state index is 3.58. The van der Waals surface area contributed by atoms with E-state index in [4.69, 9.17) is 0 Å². The Morgan fingerprint density at radius 3 is 2.86 bits per heavy atom. The maximum Gasteiger partial charge on any atom is 0.0417 e. The van der Waals surface area contributed by atoms with Gasteiger partial charge in [-0.1, -0.05) is 18.2 Å². The molecule has 0 saturated heterocycles. The van der Waals surface area contributed by atoms with Gasteiger partial charge in [-0.15, -0.1) is 0 Å². The first kappa shape index (κ1) is 8.10. The summed E-state index contributed by atoms with van der Waals surface area (Å²) in [5, 5.41) is 3.58. The summed E-state index contributed by atoms with van der Waals surface area (Å²) in [6.07, 6.45) is 6.47. The molecule has 0 bridgehead atoms. The molecule has 1 nitrogen and oxygen atoms in total. The highest BCUT2D eigenvalue weighted by Gasteiger charge is 2.19. The molecule has 14 heavy (non-hydrogen) atoms. The van der Waals surface area contributed by atoms with Gasteiger partial charge in [-0.3, -0.25) is 0 Å². The molecule has 1 heteroatoms. The van der Waals surface area contributed by atoms with Crippen molar-refractivity contribution < 1.29 is 0 Å². The third kappa shape index (κ3) is 1.24. The molecule has 0 amide bonds. The van der Waals surface area contributed by atoms with Gasteiger partial charge in [0.25, 0.3) is 0 Å². The fourth-order valence-electron chi connectivity index (χ4n) is 2.50. The van der Waals surface area contributed by atoms with Crippen LogP contribution in [-0.2, 0) is 6.42 Å². The van der Waals surface area contributed by atoms with E-state index in [1.807, 2.05) is 0 Å². The Morgan fingerprint density at radius 2 is 1.86 bits per heavy atom. The summed E-state index contributed by atoms with van der Waals surface area (Å²) in [4.78, 5) is 0. The number of benzene rings is 1. The number of nitrogens with one attached hydrogen (secondary N) is 1. The molecule has 0 spiro atoms. The van der Waals surface area contributed by atoms with Crippen LogP contribution in [0.4, 0.5) is 5.69 Å². The van der Waals surface area contributed by atoms with Crippen LogP contribution in [0.3, 0.4) is 0 Å². The van der Waals surface area contributed by atoms with Crippen molar-refractivity contribution in [2.75, 3.05) is 5.32 Å². The summed E-state index contributed by atoms with van der Waals surface area (Å²) in [6, 6.07) is 8.67. The van der Waals surface area contributed by atoms with E-state index in [0.29, 0.717) is 0 Å². The summed E-state index contributed by atoms with van der Waals surface area (Å²) in [5.74, 6) is 0. The molecule has 1 N–H and O–H groups in total. The minimum atomic E-state index is 1.18. The molecule has 1 aromatic carbocycles. The minimum absolute atomic E-state index is 1.18. The fraction of sp³-hybridized carbons (Fsp3) is 0.385. The molecular weight excluding hydrogens is 170 g/mol. The predicted molar refractivity (Wildman–Crippen MR) is 59.3 cm³/mol. The van der Waals surface area contributed by atoms with Gasteiger partial charge in [0.15, 0.2) is 0 Å². The molecule has 1 aromatic rings. The van der Waals surface area contributed by atoms with Gasteiger partial charge in [-0.05, 0) is 49.3 Å². The molecule has 1 aliphatic heterocycles. The molecular formula is C13H15N. The highest BCUT2D eigenvalue weighted by molar-refractivity contribution is 5.60. The van der Waals surface area contributed by atoms with Crippen LogP contribution in [0.2, 0.25) is 0 Å². The van der Waals surface area contributed by atoms with Crippen molar-refractivity contribution in [3.8, 4) is 0 Å².